The van der Waals surface area contributed by atoms with Crippen LogP contribution in [0.3, 0.4) is 0 Å². The van der Waals surface area contributed by atoms with E-state index in [4.69, 9.17) is 23.8 Å². The molecule has 0 spiro atoms. The highest BCUT2D eigenvalue weighted by atomic mass is 16.3. The molecule has 0 saturated carbocycles. The highest BCUT2D eigenvalue weighted by Crippen LogP contribution is 2.45. The molecule has 3 aromatic heterocycles. The van der Waals surface area contributed by atoms with E-state index in [1.807, 2.05) is 91.0 Å². The van der Waals surface area contributed by atoms with Crippen molar-refractivity contribution in [1.82, 2.24) is 15.0 Å². The minimum absolute atomic E-state index is 0.586. The molecule has 0 atom stereocenters. The number of hydrogen-bond acceptors (Lipinski definition) is 5. The fourth-order valence-corrected chi connectivity index (χ4v) is 6.97. The Bertz CT molecular complexity index is 2780. The van der Waals surface area contributed by atoms with Crippen molar-refractivity contribution in [2.75, 3.05) is 0 Å². The summed E-state index contributed by atoms with van der Waals surface area (Å²) in [7, 11) is 0. The molecule has 3 heterocycles. The third kappa shape index (κ3) is 4.08. The monoisotopic (exact) mass is 615 g/mol. The van der Waals surface area contributed by atoms with Gasteiger partial charge < -0.3 is 8.83 Å². The zero-order valence-electron chi connectivity index (χ0n) is 25.6. The van der Waals surface area contributed by atoms with E-state index in [9.17, 15) is 0 Å². The van der Waals surface area contributed by atoms with Crippen LogP contribution in [0.1, 0.15) is 0 Å². The Morgan fingerprint density at radius 3 is 1.50 bits per heavy atom. The maximum atomic E-state index is 6.75. The maximum absolute atomic E-state index is 6.75. The van der Waals surface area contributed by atoms with E-state index in [0.29, 0.717) is 17.5 Å². The second kappa shape index (κ2) is 10.5. The first kappa shape index (κ1) is 26.6. The number of benzene rings is 7. The number of rotatable bonds is 4. The van der Waals surface area contributed by atoms with Crippen molar-refractivity contribution in [3.8, 4) is 45.3 Å². The molecule has 0 unspecified atom stereocenters. The summed E-state index contributed by atoms with van der Waals surface area (Å²) in [5.74, 6) is 1.82. The second-order valence-electron chi connectivity index (χ2n) is 11.9. The van der Waals surface area contributed by atoms with E-state index >= 15 is 0 Å². The number of para-hydroxylation sites is 2. The van der Waals surface area contributed by atoms with Gasteiger partial charge in [-0.2, -0.15) is 0 Å². The maximum Gasteiger partial charge on any atom is 0.164 e. The van der Waals surface area contributed by atoms with Crippen molar-refractivity contribution in [3.05, 3.63) is 152 Å². The van der Waals surface area contributed by atoms with Gasteiger partial charge >= 0.3 is 0 Å². The van der Waals surface area contributed by atoms with Crippen LogP contribution in [0.2, 0.25) is 0 Å². The van der Waals surface area contributed by atoms with Gasteiger partial charge in [0.05, 0.1) is 0 Å². The molecule has 0 aliphatic rings. The first-order valence-electron chi connectivity index (χ1n) is 15.9. The molecule has 0 aliphatic heterocycles. The zero-order valence-corrected chi connectivity index (χ0v) is 25.6. The quantitative estimate of drug-likeness (QED) is 0.197. The summed E-state index contributed by atoms with van der Waals surface area (Å²) >= 11 is 0. The highest BCUT2D eigenvalue weighted by molar-refractivity contribution is 6.24. The van der Waals surface area contributed by atoms with E-state index in [1.165, 1.54) is 0 Å². The van der Waals surface area contributed by atoms with E-state index < -0.39 is 0 Å². The van der Waals surface area contributed by atoms with Crippen molar-refractivity contribution in [1.29, 1.82) is 0 Å². The Kier molecular flexibility index (Phi) is 5.81. The van der Waals surface area contributed by atoms with Crippen LogP contribution in [0.15, 0.2) is 160 Å². The molecule has 0 N–H and O–H groups in total. The van der Waals surface area contributed by atoms with E-state index in [2.05, 4.69) is 60.7 Å². The zero-order chi connectivity index (χ0) is 31.6. The summed E-state index contributed by atoms with van der Waals surface area (Å²) < 4.78 is 13.2. The minimum Gasteiger partial charge on any atom is -0.456 e. The summed E-state index contributed by atoms with van der Waals surface area (Å²) in [6, 6.07) is 51.4. The van der Waals surface area contributed by atoms with Gasteiger partial charge in [-0.1, -0.05) is 121 Å². The van der Waals surface area contributed by atoms with Crippen LogP contribution in [-0.2, 0) is 0 Å². The van der Waals surface area contributed by atoms with Crippen molar-refractivity contribution in [2.24, 2.45) is 0 Å². The Balaban J connectivity index is 1.28. The third-order valence-corrected chi connectivity index (χ3v) is 9.14. The summed E-state index contributed by atoms with van der Waals surface area (Å²) in [6.45, 7) is 0. The number of nitrogens with zero attached hydrogens (tertiary/aromatic N) is 3. The third-order valence-electron chi connectivity index (χ3n) is 9.14. The van der Waals surface area contributed by atoms with Crippen LogP contribution in [0.5, 0.6) is 0 Å². The number of aromatic nitrogens is 3. The van der Waals surface area contributed by atoms with Crippen LogP contribution in [0.4, 0.5) is 0 Å². The fourth-order valence-electron chi connectivity index (χ4n) is 6.97. The van der Waals surface area contributed by atoms with Crippen LogP contribution in [0.25, 0.3) is 99.9 Å². The lowest BCUT2D eigenvalue weighted by Gasteiger charge is -2.12. The van der Waals surface area contributed by atoms with Crippen molar-refractivity contribution in [2.45, 2.75) is 0 Å². The van der Waals surface area contributed by atoms with Crippen molar-refractivity contribution >= 4 is 54.6 Å². The molecule has 0 aliphatic carbocycles. The summed E-state index contributed by atoms with van der Waals surface area (Å²) in [4.78, 5) is 15.1. The Morgan fingerprint density at radius 2 is 0.833 bits per heavy atom. The first-order valence-corrected chi connectivity index (χ1v) is 15.9. The van der Waals surface area contributed by atoms with Crippen LogP contribution in [0, 0.1) is 0 Å². The van der Waals surface area contributed by atoms with E-state index in [1.54, 1.807) is 0 Å². The van der Waals surface area contributed by atoms with Gasteiger partial charge in [0.25, 0.3) is 0 Å². The summed E-state index contributed by atoms with van der Waals surface area (Å²) in [5, 5.41) is 6.46. The van der Waals surface area contributed by atoms with Crippen LogP contribution < -0.4 is 0 Å². The standard InChI is InChI=1S/C43H25N3O2/c1-3-13-26(14-4-1)41-44-42(27-15-5-2-6-16-27)46-43(45-41)33-24-23-30(40-39(33)32-20-10-12-22-36(32)48-40)34-25-37-38(29-18-8-7-17-28(29)34)31-19-9-11-21-35(31)47-37/h1-25H. The summed E-state index contributed by atoms with van der Waals surface area (Å²) in [6.07, 6.45) is 0. The van der Waals surface area contributed by atoms with Gasteiger partial charge in [0, 0.05) is 43.8 Å². The van der Waals surface area contributed by atoms with Crippen molar-refractivity contribution < 1.29 is 8.83 Å². The minimum atomic E-state index is 0.586. The van der Waals surface area contributed by atoms with E-state index in [-0.39, 0.29) is 0 Å². The molecule has 0 amide bonds. The van der Waals surface area contributed by atoms with Gasteiger partial charge in [-0.3, -0.25) is 0 Å². The van der Waals surface area contributed by atoms with E-state index in [0.717, 1.165) is 82.5 Å². The predicted molar refractivity (Wildman–Crippen MR) is 194 cm³/mol. The molecule has 0 fully saturated rings. The number of fused-ring (bicyclic) bond motifs is 8. The molecule has 0 saturated heterocycles. The fraction of sp³-hybridized carbons (Fsp3) is 0. The lowest BCUT2D eigenvalue weighted by atomic mass is 9.92. The lowest BCUT2D eigenvalue weighted by molar-refractivity contribution is 0.668. The van der Waals surface area contributed by atoms with Crippen molar-refractivity contribution in [3.63, 3.8) is 0 Å². The lowest BCUT2D eigenvalue weighted by Crippen LogP contribution is -2.00. The Labute approximate surface area is 274 Å². The number of hydrogen-bond donors (Lipinski definition) is 0. The second-order valence-corrected chi connectivity index (χ2v) is 11.9. The molecule has 5 nitrogen and oxygen atoms in total. The Hall–Kier alpha value is -6.59. The largest absolute Gasteiger partial charge is 0.456 e. The van der Waals surface area contributed by atoms with Gasteiger partial charge in [0.15, 0.2) is 17.5 Å². The normalized spacial score (nSPS) is 11.8. The SMILES string of the molecule is c1ccc(-c2nc(-c3ccccc3)nc(-c3ccc(-c4cc5oc6ccccc6c5c5ccccc45)c4oc5ccccc5c34)n2)cc1. The molecule has 10 aromatic rings. The predicted octanol–water partition coefficient (Wildman–Crippen LogP) is 11.5. The smallest absolute Gasteiger partial charge is 0.164 e. The highest BCUT2D eigenvalue weighted by Gasteiger charge is 2.23. The molecule has 0 bridgehead atoms. The molecular weight excluding hydrogens is 590 g/mol. The molecule has 48 heavy (non-hydrogen) atoms. The molecule has 10 rings (SSSR count). The Morgan fingerprint density at radius 1 is 0.333 bits per heavy atom. The molecule has 5 heteroatoms. The topological polar surface area (TPSA) is 65.0 Å². The molecule has 7 aromatic carbocycles. The average molecular weight is 616 g/mol. The van der Waals surface area contributed by atoms with Gasteiger partial charge in [0.2, 0.25) is 0 Å². The van der Waals surface area contributed by atoms with Gasteiger partial charge in [-0.25, -0.2) is 15.0 Å². The van der Waals surface area contributed by atoms with Gasteiger partial charge in [-0.15, -0.1) is 0 Å². The summed E-state index contributed by atoms with van der Waals surface area (Å²) in [5.41, 5.74) is 8.04. The molecule has 0 radical (unpaired) electrons. The molecule has 224 valence electrons. The molecular formula is C43H25N3O2. The van der Waals surface area contributed by atoms with Gasteiger partial charge in [-0.05, 0) is 46.7 Å². The van der Waals surface area contributed by atoms with Crippen LogP contribution in [-0.4, -0.2) is 15.0 Å². The average Bonchev–Trinajstić information content (AvgIpc) is 3.74. The van der Waals surface area contributed by atoms with Crippen LogP contribution >= 0.6 is 0 Å². The first-order chi connectivity index (χ1) is 23.8. The van der Waals surface area contributed by atoms with Gasteiger partial charge in [0.1, 0.15) is 22.3 Å². The number of furan rings is 2.